The first-order valence-electron chi connectivity index (χ1n) is 9.80. The zero-order valence-corrected chi connectivity index (χ0v) is 16.7. The lowest BCUT2D eigenvalue weighted by atomic mass is 10.1. The number of guanidine groups is 1. The lowest BCUT2D eigenvalue weighted by Gasteiger charge is -2.25. The fourth-order valence-electron chi connectivity index (χ4n) is 4.32. The molecule has 1 aromatic carbocycles. The normalized spacial score (nSPS) is 30.1. The Kier molecular flexibility index (Phi) is 5.32. The van der Waals surface area contributed by atoms with E-state index in [9.17, 15) is 0 Å². The Hall–Kier alpha value is -1.07. The minimum atomic E-state index is 0.539. The van der Waals surface area contributed by atoms with Crippen molar-refractivity contribution < 1.29 is 0 Å². The smallest absolute Gasteiger partial charge is 0.194 e. The Morgan fingerprint density at radius 3 is 2.68 bits per heavy atom. The van der Waals surface area contributed by atoms with Crippen LogP contribution in [0.3, 0.4) is 0 Å². The highest BCUT2D eigenvalue weighted by Gasteiger charge is 2.40. The molecule has 136 valence electrons. The minimum Gasteiger partial charge on any atom is -0.353 e. The number of hydrogen-bond donors (Lipinski definition) is 1. The maximum atomic E-state index is 4.80. The first-order valence-corrected chi connectivity index (χ1v) is 10.6. The van der Waals surface area contributed by atoms with Crippen LogP contribution in [0.1, 0.15) is 44.1 Å². The van der Waals surface area contributed by atoms with Gasteiger partial charge in [0.25, 0.3) is 0 Å². The van der Waals surface area contributed by atoms with Crippen LogP contribution in [0, 0.1) is 0 Å². The van der Waals surface area contributed by atoms with E-state index < -0.39 is 0 Å². The Morgan fingerprint density at radius 2 is 1.96 bits per heavy atom. The van der Waals surface area contributed by atoms with Gasteiger partial charge >= 0.3 is 0 Å². The van der Waals surface area contributed by atoms with Gasteiger partial charge in [-0.3, -0.25) is 9.89 Å². The van der Waals surface area contributed by atoms with Crippen LogP contribution in [0.15, 0.2) is 33.7 Å². The molecule has 2 heterocycles. The zero-order chi connectivity index (χ0) is 17.2. The molecule has 1 aliphatic carbocycles. The quantitative estimate of drug-likeness (QED) is 0.615. The van der Waals surface area contributed by atoms with Crippen LogP contribution in [-0.4, -0.2) is 60.6 Å². The molecule has 4 nitrogen and oxygen atoms in total. The molecule has 0 bridgehead atoms. The van der Waals surface area contributed by atoms with E-state index >= 15 is 0 Å². The van der Waals surface area contributed by atoms with E-state index in [1.807, 2.05) is 0 Å². The summed E-state index contributed by atoms with van der Waals surface area (Å²) in [6, 6.07) is 10.0. The van der Waals surface area contributed by atoms with Gasteiger partial charge in [0.15, 0.2) is 5.96 Å². The predicted molar refractivity (Wildman–Crippen MR) is 107 cm³/mol. The first kappa shape index (κ1) is 17.3. The third kappa shape index (κ3) is 4.03. The van der Waals surface area contributed by atoms with Crippen LogP contribution < -0.4 is 5.32 Å². The maximum Gasteiger partial charge on any atom is 0.194 e. The van der Waals surface area contributed by atoms with Gasteiger partial charge in [0, 0.05) is 42.1 Å². The second-order valence-corrected chi connectivity index (χ2v) is 8.49. The van der Waals surface area contributed by atoms with E-state index in [-0.39, 0.29) is 0 Å². The topological polar surface area (TPSA) is 30.9 Å². The molecule has 1 saturated carbocycles. The third-order valence-electron chi connectivity index (χ3n) is 5.83. The van der Waals surface area contributed by atoms with Gasteiger partial charge in [0.2, 0.25) is 0 Å². The van der Waals surface area contributed by atoms with E-state index in [2.05, 4.69) is 62.2 Å². The molecule has 2 saturated heterocycles. The summed E-state index contributed by atoms with van der Waals surface area (Å²) >= 11 is 3.52. The Morgan fingerprint density at radius 1 is 1.20 bits per heavy atom. The molecule has 25 heavy (non-hydrogen) atoms. The fraction of sp³-hybridized carbons (Fsp3) is 0.650. The highest BCUT2D eigenvalue weighted by atomic mass is 79.9. The van der Waals surface area contributed by atoms with Crippen LogP contribution >= 0.6 is 15.9 Å². The number of likely N-dealkylation sites (tertiary alicyclic amines) is 2. The molecule has 1 aromatic rings. The van der Waals surface area contributed by atoms with Crippen molar-refractivity contribution >= 4 is 21.9 Å². The summed E-state index contributed by atoms with van der Waals surface area (Å²) in [6.07, 6.45) is 5.25. The van der Waals surface area contributed by atoms with Gasteiger partial charge in [0.05, 0.1) is 0 Å². The summed E-state index contributed by atoms with van der Waals surface area (Å²) in [5.74, 6) is 1.76. The zero-order valence-electron chi connectivity index (χ0n) is 15.1. The summed E-state index contributed by atoms with van der Waals surface area (Å²) < 4.78 is 1.15. The van der Waals surface area contributed by atoms with Crippen LogP contribution in [-0.2, 0) is 0 Å². The van der Waals surface area contributed by atoms with Gasteiger partial charge < -0.3 is 10.2 Å². The van der Waals surface area contributed by atoms with Crippen molar-refractivity contribution in [2.24, 2.45) is 4.99 Å². The van der Waals surface area contributed by atoms with E-state index in [1.54, 1.807) is 0 Å². The van der Waals surface area contributed by atoms with Gasteiger partial charge in [-0.25, -0.2) is 0 Å². The largest absolute Gasteiger partial charge is 0.353 e. The van der Waals surface area contributed by atoms with Crippen molar-refractivity contribution in [3.05, 3.63) is 34.3 Å². The molecule has 2 aliphatic heterocycles. The van der Waals surface area contributed by atoms with Crippen LogP contribution in [0.5, 0.6) is 0 Å². The van der Waals surface area contributed by atoms with Gasteiger partial charge in [-0.1, -0.05) is 28.1 Å². The average Bonchev–Trinajstić information content (AvgIpc) is 3.05. The highest BCUT2D eigenvalue weighted by molar-refractivity contribution is 9.10. The van der Waals surface area contributed by atoms with Crippen LogP contribution in [0.25, 0.3) is 0 Å². The molecule has 3 aliphatic rings. The lowest BCUT2D eigenvalue weighted by Crippen LogP contribution is -2.43. The second-order valence-electron chi connectivity index (χ2n) is 7.57. The molecule has 1 N–H and O–H groups in total. The van der Waals surface area contributed by atoms with Crippen LogP contribution in [0.2, 0.25) is 0 Å². The van der Waals surface area contributed by atoms with Gasteiger partial charge in [-0.05, 0) is 63.4 Å². The van der Waals surface area contributed by atoms with Crippen molar-refractivity contribution in [2.75, 3.05) is 32.7 Å². The SMILES string of the molecule is CCN=C(NC1CC1c1ccc(Br)cc1)N1CCC(N2CCCC2)C1. The Labute approximate surface area is 159 Å². The molecule has 0 radical (unpaired) electrons. The molecule has 0 amide bonds. The molecular formula is C20H29BrN4. The third-order valence-corrected chi connectivity index (χ3v) is 6.36. The molecule has 5 heteroatoms. The number of rotatable bonds is 4. The number of hydrogen-bond acceptors (Lipinski definition) is 2. The van der Waals surface area contributed by atoms with Gasteiger partial charge in [-0.15, -0.1) is 0 Å². The molecule has 0 aromatic heterocycles. The Balaban J connectivity index is 1.35. The fourth-order valence-corrected chi connectivity index (χ4v) is 4.59. The minimum absolute atomic E-state index is 0.539. The van der Waals surface area contributed by atoms with Crippen molar-refractivity contribution in [1.29, 1.82) is 0 Å². The number of benzene rings is 1. The molecule has 4 rings (SSSR count). The number of nitrogens with one attached hydrogen (secondary N) is 1. The monoisotopic (exact) mass is 404 g/mol. The van der Waals surface area contributed by atoms with E-state index in [1.165, 1.54) is 44.3 Å². The summed E-state index contributed by atoms with van der Waals surface area (Å²) in [5.41, 5.74) is 1.44. The summed E-state index contributed by atoms with van der Waals surface area (Å²) in [5, 5.41) is 3.75. The Bertz CT molecular complexity index is 609. The predicted octanol–water partition coefficient (Wildman–Crippen LogP) is 3.44. The van der Waals surface area contributed by atoms with Crippen molar-refractivity contribution in [3.8, 4) is 0 Å². The van der Waals surface area contributed by atoms with Gasteiger partial charge in [0.1, 0.15) is 0 Å². The molecule has 3 unspecified atom stereocenters. The van der Waals surface area contributed by atoms with Crippen molar-refractivity contribution in [3.63, 3.8) is 0 Å². The molecule has 3 atom stereocenters. The molecular weight excluding hydrogens is 376 g/mol. The molecule has 3 fully saturated rings. The lowest BCUT2D eigenvalue weighted by molar-refractivity contribution is 0.249. The second kappa shape index (κ2) is 7.67. The van der Waals surface area contributed by atoms with Gasteiger partial charge in [-0.2, -0.15) is 0 Å². The maximum absolute atomic E-state index is 4.80. The highest BCUT2D eigenvalue weighted by Crippen LogP contribution is 2.41. The first-order chi connectivity index (χ1) is 12.2. The number of nitrogens with zero attached hydrogens (tertiary/aromatic N) is 3. The standard InChI is InChI=1S/C20H29BrN4/c1-2-22-20(25-12-9-17(14-25)24-10-3-4-11-24)23-19-13-18(19)15-5-7-16(21)8-6-15/h5-8,17-19H,2-4,9-14H2,1H3,(H,22,23). The van der Waals surface area contributed by atoms with Crippen LogP contribution in [0.4, 0.5) is 0 Å². The number of aliphatic imine (C=N–C) groups is 1. The van der Waals surface area contributed by atoms with E-state index in [4.69, 9.17) is 4.99 Å². The van der Waals surface area contributed by atoms with Crippen molar-refractivity contribution in [2.45, 2.75) is 50.6 Å². The van der Waals surface area contributed by atoms with E-state index in [0.29, 0.717) is 12.0 Å². The average molecular weight is 405 g/mol. The number of halogens is 1. The molecule has 0 spiro atoms. The van der Waals surface area contributed by atoms with Crippen molar-refractivity contribution in [1.82, 2.24) is 15.1 Å². The summed E-state index contributed by atoms with van der Waals surface area (Å²) in [6.45, 7) is 7.85. The summed E-state index contributed by atoms with van der Waals surface area (Å²) in [7, 11) is 0. The van der Waals surface area contributed by atoms with E-state index in [0.717, 1.165) is 36.1 Å². The summed E-state index contributed by atoms with van der Waals surface area (Å²) in [4.78, 5) is 9.97.